The van der Waals surface area contributed by atoms with E-state index in [0.29, 0.717) is 13.1 Å². The molecular weight excluding hydrogens is 288 g/mol. The normalized spacial score (nSPS) is 21.9. The fourth-order valence-electron chi connectivity index (χ4n) is 2.85. The van der Waals surface area contributed by atoms with Gasteiger partial charge >= 0.3 is 0 Å². The lowest BCUT2D eigenvalue weighted by molar-refractivity contribution is -0.115. The molecule has 1 aromatic rings. The third-order valence-corrected chi connectivity index (χ3v) is 6.31. The van der Waals surface area contributed by atoms with Gasteiger partial charge in [-0.25, -0.2) is 8.42 Å². The van der Waals surface area contributed by atoms with Crippen molar-refractivity contribution in [2.24, 2.45) is 5.41 Å². The van der Waals surface area contributed by atoms with E-state index in [2.05, 4.69) is 19.2 Å². The first-order chi connectivity index (χ1) is 9.78. The van der Waals surface area contributed by atoms with Crippen LogP contribution in [0.15, 0.2) is 23.1 Å². The Kier molecular flexibility index (Phi) is 3.33. The minimum absolute atomic E-state index is 0.0840. The number of nitrogens with zero attached hydrogens (tertiary/aromatic N) is 1. The van der Waals surface area contributed by atoms with E-state index in [0.717, 1.165) is 24.1 Å². The second-order valence-electron chi connectivity index (χ2n) is 6.61. The molecule has 0 aromatic heterocycles. The predicted octanol–water partition coefficient (Wildman–Crippen LogP) is 1.99. The molecule has 21 heavy (non-hydrogen) atoms. The van der Waals surface area contributed by atoms with Crippen LogP contribution in [0.2, 0.25) is 0 Å². The molecule has 0 atom stereocenters. The third-order valence-electron chi connectivity index (χ3n) is 4.42. The predicted molar refractivity (Wildman–Crippen MR) is 80.5 cm³/mol. The first-order valence-corrected chi connectivity index (χ1v) is 8.65. The van der Waals surface area contributed by atoms with E-state index in [-0.39, 0.29) is 22.6 Å². The summed E-state index contributed by atoms with van der Waals surface area (Å²) in [4.78, 5) is 11.7. The molecule has 1 saturated heterocycles. The summed E-state index contributed by atoms with van der Waals surface area (Å²) >= 11 is 0. The molecule has 6 heteroatoms. The lowest BCUT2D eigenvalue weighted by atomic mass is 9.83. The maximum absolute atomic E-state index is 12.7. The second-order valence-corrected chi connectivity index (χ2v) is 8.55. The number of fused-ring (bicyclic) bond motifs is 1. The highest BCUT2D eigenvalue weighted by atomic mass is 32.2. The average Bonchev–Trinajstić information content (AvgIpc) is 2.77. The third kappa shape index (κ3) is 2.70. The minimum Gasteiger partial charge on any atom is -0.326 e. The number of sulfonamides is 1. The van der Waals surface area contributed by atoms with E-state index < -0.39 is 10.0 Å². The molecule has 0 radical (unpaired) electrons. The highest BCUT2D eigenvalue weighted by molar-refractivity contribution is 7.89. The van der Waals surface area contributed by atoms with Crippen LogP contribution < -0.4 is 5.32 Å². The van der Waals surface area contributed by atoms with E-state index in [1.165, 1.54) is 0 Å². The Balaban J connectivity index is 1.86. The average molecular weight is 308 g/mol. The summed E-state index contributed by atoms with van der Waals surface area (Å²) in [7, 11) is -3.46. The SMILES string of the molecule is CC1(C)CCN(S(=O)(=O)c2ccc3c(c2)CC(=O)N3)CC1. The van der Waals surface area contributed by atoms with Crippen molar-refractivity contribution in [3.05, 3.63) is 23.8 Å². The Bertz CT molecular complexity index is 685. The summed E-state index contributed by atoms with van der Waals surface area (Å²) in [6.45, 7) is 5.46. The van der Waals surface area contributed by atoms with Crippen molar-refractivity contribution in [3.63, 3.8) is 0 Å². The van der Waals surface area contributed by atoms with Crippen LogP contribution in [0.1, 0.15) is 32.3 Å². The van der Waals surface area contributed by atoms with Crippen LogP contribution in [0.5, 0.6) is 0 Å². The van der Waals surface area contributed by atoms with Crippen LogP contribution in [-0.2, 0) is 21.2 Å². The molecule has 5 nitrogen and oxygen atoms in total. The molecule has 1 N–H and O–H groups in total. The molecule has 2 aliphatic heterocycles. The molecular formula is C15H20N2O3S. The molecule has 0 saturated carbocycles. The lowest BCUT2D eigenvalue weighted by Gasteiger charge is -2.36. The summed E-state index contributed by atoms with van der Waals surface area (Å²) in [6.07, 6.45) is 2.00. The van der Waals surface area contributed by atoms with Gasteiger partial charge in [0.1, 0.15) is 0 Å². The minimum atomic E-state index is -3.46. The summed E-state index contributed by atoms with van der Waals surface area (Å²) in [6, 6.07) is 4.89. The zero-order valence-electron chi connectivity index (χ0n) is 12.3. The maximum Gasteiger partial charge on any atom is 0.243 e. The van der Waals surface area contributed by atoms with Crippen molar-refractivity contribution in [1.29, 1.82) is 0 Å². The standard InChI is InChI=1S/C15H20N2O3S/c1-15(2)5-7-17(8-6-15)21(19,20)12-3-4-13-11(9-12)10-14(18)16-13/h3-4,9H,5-8,10H2,1-2H3,(H,16,18). The molecule has 0 aliphatic carbocycles. The summed E-state index contributed by atoms with van der Waals surface area (Å²) < 4.78 is 27.0. The van der Waals surface area contributed by atoms with Crippen LogP contribution >= 0.6 is 0 Å². The van der Waals surface area contributed by atoms with Gasteiger partial charge in [-0.1, -0.05) is 13.8 Å². The van der Waals surface area contributed by atoms with Crippen molar-refractivity contribution in [2.45, 2.75) is 38.0 Å². The van der Waals surface area contributed by atoms with Gasteiger partial charge in [0.05, 0.1) is 11.3 Å². The number of anilines is 1. The van der Waals surface area contributed by atoms with E-state index in [1.807, 2.05) is 0 Å². The summed E-state index contributed by atoms with van der Waals surface area (Å²) in [5.74, 6) is -0.0840. The number of carbonyl (C=O) groups excluding carboxylic acids is 1. The van der Waals surface area contributed by atoms with Gasteiger partial charge in [-0.2, -0.15) is 4.31 Å². The largest absolute Gasteiger partial charge is 0.326 e. The Hall–Kier alpha value is -1.40. The molecule has 2 heterocycles. The first kappa shape index (κ1) is 14.5. The summed E-state index contributed by atoms with van der Waals surface area (Å²) in [5.41, 5.74) is 1.69. The molecule has 0 spiro atoms. The quantitative estimate of drug-likeness (QED) is 0.908. The van der Waals surface area contributed by atoms with Gasteiger partial charge in [-0.05, 0) is 42.0 Å². The van der Waals surface area contributed by atoms with E-state index in [1.54, 1.807) is 22.5 Å². The highest BCUT2D eigenvalue weighted by Crippen LogP contribution is 2.33. The van der Waals surface area contributed by atoms with E-state index in [9.17, 15) is 13.2 Å². The second kappa shape index (κ2) is 4.81. The lowest BCUT2D eigenvalue weighted by Crippen LogP contribution is -2.41. The Morgan fingerprint density at radius 2 is 1.86 bits per heavy atom. The molecule has 1 fully saturated rings. The van der Waals surface area contributed by atoms with Crippen molar-refractivity contribution in [3.8, 4) is 0 Å². The number of nitrogens with one attached hydrogen (secondary N) is 1. The van der Waals surface area contributed by atoms with Crippen molar-refractivity contribution in [1.82, 2.24) is 4.31 Å². The Morgan fingerprint density at radius 1 is 1.19 bits per heavy atom. The van der Waals surface area contributed by atoms with Crippen LogP contribution in [0.3, 0.4) is 0 Å². The van der Waals surface area contributed by atoms with Gasteiger partial charge < -0.3 is 5.32 Å². The zero-order chi connectivity index (χ0) is 15.3. The van der Waals surface area contributed by atoms with Gasteiger partial charge in [-0.15, -0.1) is 0 Å². The van der Waals surface area contributed by atoms with E-state index >= 15 is 0 Å². The Morgan fingerprint density at radius 3 is 2.52 bits per heavy atom. The van der Waals surface area contributed by atoms with Crippen molar-refractivity contribution < 1.29 is 13.2 Å². The number of hydrogen-bond donors (Lipinski definition) is 1. The number of rotatable bonds is 2. The molecule has 0 bridgehead atoms. The first-order valence-electron chi connectivity index (χ1n) is 7.21. The van der Waals surface area contributed by atoms with Gasteiger partial charge in [0.25, 0.3) is 0 Å². The van der Waals surface area contributed by atoms with Gasteiger partial charge in [0.2, 0.25) is 15.9 Å². The zero-order valence-corrected chi connectivity index (χ0v) is 13.2. The van der Waals surface area contributed by atoms with Gasteiger partial charge in [0.15, 0.2) is 0 Å². The Labute approximate surface area is 125 Å². The highest BCUT2D eigenvalue weighted by Gasteiger charge is 2.33. The topological polar surface area (TPSA) is 66.5 Å². The van der Waals surface area contributed by atoms with Gasteiger partial charge in [-0.3, -0.25) is 4.79 Å². The molecule has 2 aliphatic rings. The van der Waals surface area contributed by atoms with E-state index in [4.69, 9.17) is 0 Å². The van der Waals surface area contributed by atoms with Crippen LogP contribution in [-0.4, -0.2) is 31.7 Å². The summed E-state index contributed by atoms with van der Waals surface area (Å²) in [5, 5.41) is 2.72. The monoisotopic (exact) mass is 308 g/mol. The molecule has 0 unspecified atom stereocenters. The molecule has 3 rings (SSSR count). The van der Waals surface area contributed by atoms with Crippen LogP contribution in [0.25, 0.3) is 0 Å². The number of amides is 1. The molecule has 1 aromatic carbocycles. The smallest absolute Gasteiger partial charge is 0.243 e. The number of hydrogen-bond acceptors (Lipinski definition) is 3. The fraction of sp³-hybridized carbons (Fsp3) is 0.533. The van der Waals surface area contributed by atoms with Crippen LogP contribution in [0.4, 0.5) is 5.69 Å². The number of benzene rings is 1. The molecule has 114 valence electrons. The molecule has 1 amide bonds. The fourth-order valence-corrected chi connectivity index (χ4v) is 4.34. The van der Waals surface area contributed by atoms with Crippen molar-refractivity contribution >= 4 is 21.6 Å². The van der Waals surface area contributed by atoms with Crippen molar-refractivity contribution in [2.75, 3.05) is 18.4 Å². The number of piperidine rings is 1. The maximum atomic E-state index is 12.7. The van der Waals surface area contributed by atoms with Gasteiger partial charge in [0, 0.05) is 18.8 Å². The number of carbonyl (C=O) groups is 1. The van der Waals surface area contributed by atoms with Crippen LogP contribution in [0, 0.1) is 5.41 Å².